The van der Waals surface area contributed by atoms with Gasteiger partial charge in [-0.2, -0.15) is 0 Å². The summed E-state index contributed by atoms with van der Waals surface area (Å²) in [5, 5.41) is 0. The zero-order valence-corrected chi connectivity index (χ0v) is 19.6. The van der Waals surface area contributed by atoms with Crippen LogP contribution in [0, 0.1) is 5.92 Å². The minimum atomic E-state index is 0.579. The zero-order valence-electron chi connectivity index (χ0n) is 19.6. The summed E-state index contributed by atoms with van der Waals surface area (Å²) in [4.78, 5) is 0. The van der Waals surface area contributed by atoms with Crippen molar-refractivity contribution in [3.63, 3.8) is 0 Å². The summed E-state index contributed by atoms with van der Waals surface area (Å²) in [6, 6.07) is 0. The Bertz CT molecular complexity index is 309. The molecule has 1 unspecified atom stereocenters. The molecule has 1 atom stereocenters. The summed E-state index contributed by atoms with van der Waals surface area (Å²) in [7, 11) is 0. The molecule has 4 nitrogen and oxygen atoms in total. The lowest BCUT2D eigenvalue weighted by atomic mass is 9.95. The van der Waals surface area contributed by atoms with E-state index in [2.05, 4.69) is 20.4 Å². The van der Waals surface area contributed by atoms with Crippen LogP contribution in [-0.2, 0) is 18.9 Å². The monoisotopic (exact) mass is 414 g/mol. The summed E-state index contributed by atoms with van der Waals surface area (Å²) in [5.41, 5.74) is 0. The van der Waals surface area contributed by atoms with Crippen LogP contribution in [0.25, 0.3) is 0 Å². The van der Waals surface area contributed by atoms with Gasteiger partial charge in [-0.1, -0.05) is 84.1 Å². The Hall–Kier alpha value is -0.420. The fourth-order valence-corrected chi connectivity index (χ4v) is 3.36. The van der Waals surface area contributed by atoms with Crippen LogP contribution in [0.4, 0.5) is 0 Å². The molecule has 0 aromatic heterocycles. The van der Waals surface area contributed by atoms with Gasteiger partial charge in [0.2, 0.25) is 0 Å². The van der Waals surface area contributed by atoms with Crippen LogP contribution in [0.3, 0.4) is 0 Å². The molecule has 174 valence electrons. The third-order valence-corrected chi connectivity index (χ3v) is 5.14. The number of hydrogen-bond acceptors (Lipinski definition) is 4. The Kier molecular flexibility index (Phi) is 25.2. The van der Waals surface area contributed by atoms with E-state index in [1.54, 1.807) is 6.08 Å². The molecule has 0 aromatic carbocycles. The molecule has 0 fully saturated rings. The van der Waals surface area contributed by atoms with E-state index < -0.39 is 0 Å². The van der Waals surface area contributed by atoms with Crippen molar-refractivity contribution in [3.8, 4) is 0 Å². The maximum atomic E-state index is 5.93. The van der Waals surface area contributed by atoms with Gasteiger partial charge in [-0.05, 0) is 18.8 Å². The van der Waals surface area contributed by atoms with Gasteiger partial charge in [0.1, 0.15) is 0 Å². The minimum absolute atomic E-state index is 0.579. The fourth-order valence-electron chi connectivity index (χ4n) is 3.36. The molecule has 0 heterocycles. The second-order valence-electron chi connectivity index (χ2n) is 7.94. The predicted molar refractivity (Wildman–Crippen MR) is 124 cm³/mol. The third kappa shape index (κ3) is 23.7. The highest BCUT2D eigenvalue weighted by Crippen LogP contribution is 2.19. The van der Waals surface area contributed by atoms with Crippen LogP contribution in [0.1, 0.15) is 90.9 Å². The van der Waals surface area contributed by atoms with Crippen molar-refractivity contribution >= 4 is 0 Å². The molecular formula is C25H50O4. The van der Waals surface area contributed by atoms with Gasteiger partial charge in [-0.15, -0.1) is 6.58 Å². The standard InChI is InChI=1S/C25H50O4/c1-4-7-9-11-12-14-16-25(15-13-10-8-5-2)24-29-23-22-28-21-20-27-19-18-26-17-6-3/h6,25H,3-5,7-24H2,1-2H3. The molecule has 0 aliphatic rings. The van der Waals surface area contributed by atoms with Gasteiger partial charge in [0, 0.05) is 6.61 Å². The average Bonchev–Trinajstić information content (AvgIpc) is 2.73. The highest BCUT2D eigenvalue weighted by atomic mass is 16.6. The van der Waals surface area contributed by atoms with Crippen molar-refractivity contribution in [1.29, 1.82) is 0 Å². The van der Waals surface area contributed by atoms with Gasteiger partial charge in [0.25, 0.3) is 0 Å². The van der Waals surface area contributed by atoms with Gasteiger partial charge in [-0.25, -0.2) is 0 Å². The van der Waals surface area contributed by atoms with E-state index in [1.165, 1.54) is 77.0 Å². The SMILES string of the molecule is C=CCOCCOCCOCCOCC(CCCCCC)CCCCCCCC. The van der Waals surface area contributed by atoms with Crippen molar-refractivity contribution in [1.82, 2.24) is 0 Å². The summed E-state index contributed by atoms with van der Waals surface area (Å²) in [6.45, 7) is 13.4. The van der Waals surface area contributed by atoms with E-state index in [-0.39, 0.29) is 0 Å². The molecule has 0 aliphatic carbocycles. The topological polar surface area (TPSA) is 36.9 Å². The van der Waals surface area contributed by atoms with Gasteiger partial charge >= 0.3 is 0 Å². The third-order valence-electron chi connectivity index (χ3n) is 5.14. The summed E-state index contributed by atoms with van der Waals surface area (Å²) in [5.74, 6) is 0.719. The molecular weight excluding hydrogens is 364 g/mol. The van der Waals surface area contributed by atoms with E-state index in [9.17, 15) is 0 Å². The molecule has 0 radical (unpaired) electrons. The molecule has 0 aromatic rings. The molecule has 4 heteroatoms. The first-order valence-corrected chi connectivity index (χ1v) is 12.3. The number of hydrogen-bond donors (Lipinski definition) is 0. The van der Waals surface area contributed by atoms with Crippen LogP contribution in [0.15, 0.2) is 12.7 Å². The predicted octanol–water partition coefficient (Wildman–Crippen LogP) is 6.58. The summed E-state index contributed by atoms with van der Waals surface area (Å²) in [6.07, 6.45) is 18.0. The lowest BCUT2D eigenvalue weighted by Gasteiger charge is -2.17. The minimum Gasteiger partial charge on any atom is -0.379 e. The Morgan fingerprint density at radius 3 is 1.59 bits per heavy atom. The first-order valence-electron chi connectivity index (χ1n) is 12.3. The molecule has 0 N–H and O–H groups in total. The molecule has 0 rings (SSSR count). The fraction of sp³-hybridized carbons (Fsp3) is 0.920. The maximum absolute atomic E-state index is 5.93. The van der Waals surface area contributed by atoms with Gasteiger partial charge in [0.05, 0.1) is 46.2 Å². The van der Waals surface area contributed by atoms with E-state index in [0.717, 1.165) is 12.5 Å². The van der Waals surface area contributed by atoms with Gasteiger partial charge in [-0.3, -0.25) is 0 Å². The molecule has 0 bridgehead atoms. The van der Waals surface area contributed by atoms with Crippen LogP contribution in [-0.4, -0.2) is 52.9 Å². The number of rotatable bonds is 25. The van der Waals surface area contributed by atoms with Crippen molar-refractivity contribution in [2.24, 2.45) is 5.92 Å². The number of ether oxygens (including phenoxy) is 4. The Labute approximate surface area is 181 Å². The average molecular weight is 415 g/mol. The van der Waals surface area contributed by atoms with Crippen LogP contribution in [0.5, 0.6) is 0 Å². The normalized spacial score (nSPS) is 12.3. The number of unbranched alkanes of at least 4 members (excludes halogenated alkanes) is 8. The largest absolute Gasteiger partial charge is 0.379 e. The van der Waals surface area contributed by atoms with Crippen molar-refractivity contribution in [2.45, 2.75) is 90.9 Å². The van der Waals surface area contributed by atoms with Crippen molar-refractivity contribution < 1.29 is 18.9 Å². The highest BCUT2D eigenvalue weighted by Gasteiger charge is 2.09. The summed E-state index contributed by atoms with van der Waals surface area (Å²) >= 11 is 0. The molecule has 0 saturated carbocycles. The quantitative estimate of drug-likeness (QED) is 0.125. The lowest BCUT2D eigenvalue weighted by Crippen LogP contribution is -2.15. The molecule has 29 heavy (non-hydrogen) atoms. The molecule has 0 aliphatic heterocycles. The van der Waals surface area contributed by atoms with E-state index in [1.807, 2.05) is 0 Å². The van der Waals surface area contributed by atoms with Crippen LogP contribution >= 0.6 is 0 Å². The van der Waals surface area contributed by atoms with Gasteiger partial charge in [0.15, 0.2) is 0 Å². The molecule has 0 spiro atoms. The first kappa shape index (κ1) is 28.6. The van der Waals surface area contributed by atoms with E-state index in [4.69, 9.17) is 18.9 Å². The Morgan fingerprint density at radius 1 is 0.586 bits per heavy atom. The van der Waals surface area contributed by atoms with Crippen molar-refractivity contribution in [2.75, 3.05) is 52.9 Å². The maximum Gasteiger partial charge on any atom is 0.0704 e. The second-order valence-corrected chi connectivity index (χ2v) is 7.94. The van der Waals surface area contributed by atoms with Crippen LogP contribution < -0.4 is 0 Å². The molecule has 0 amide bonds. The van der Waals surface area contributed by atoms with Crippen LogP contribution in [0.2, 0.25) is 0 Å². The van der Waals surface area contributed by atoms with E-state index in [0.29, 0.717) is 46.2 Å². The molecule has 0 saturated heterocycles. The van der Waals surface area contributed by atoms with Gasteiger partial charge < -0.3 is 18.9 Å². The zero-order chi connectivity index (χ0) is 21.3. The lowest BCUT2D eigenvalue weighted by molar-refractivity contribution is -0.00474. The van der Waals surface area contributed by atoms with Crippen molar-refractivity contribution in [3.05, 3.63) is 12.7 Å². The second kappa shape index (κ2) is 25.6. The Morgan fingerprint density at radius 2 is 1.03 bits per heavy atom. The first-order chi connectivity index (χ1) is 14.3. The summed E-state index contributed by atoms with van der Waals surface area (Å²) < 4.78 is 22.2. The smallest absolute Gasteiger partial charge is 0.0704 e. The Balaban J connectivity index is 3.63. The highest BCUT2D eigenvalue weighted by molar-refractivity contribution is 4.63. The van der Waals surface area contributed by atoms with E-state index >= 15 is 0 Å².